The molecule has 18 heavy (non-hydrogen) atoms. The van der Waals surface area contributed by atoms with Gasteiger partial charge >= 0.3 is 0 Å². The molecular weight excluding hydrogens is 226 g/mol. The maximum atomic E-state index is 11.7. The Morgan fingerprint density at radius 3 is 2.67 bits per heavy atom. The van der Waals surface area contributed by atoms with Crippen LogP contribution in [0.15, 0.2) is 42.9 Å². The second kappa shape index (κ2) is 5.91. The van der Waals surface area contributed by atoms with Crippen molar-refractivity contribution < 1.29 is 4.79 Å². The molecule has 0 bridgehead atoms. The molecule has 0 radical (unpaired) electrons. The van der Waals surface area contributed by atoms with Crippen molar-refractivity contribution in [1.29, 1.82) is 0 Å². The summed E-state index contributed by atoms with van der Waals surface area (Å²) in [5, 5.41) is 2.83. The van der Waals surface area contributed by atoms with E-state index in [2.05, 4.69) is 46.5 Å². The summed E-state index contributed by atoms with van der Waals surface area (Å²) < 4.78 is 0. The number of amides is 1. The van der Waals surface area contributed by atoms with Gasteiger partial charge < -0.3 is 5.32 Å². The van der Waals surface area contributed by atoms with E-state index in [4.69, 9.17) is 0 Å². The fourth-order valence-corrected chi connectivity index (χ4v) is 1.59. The summed E-state index contributed by atoms with van der Waals surface area (Å²) >= 11 is 0. The van der Waals surface area contributed by atoms with Crippen molar-refractivity contribution in [1.82, 2.24) is 15.3 Å². The minimum Gasteiger partial charge on any atom is -0.350 e. The third-order valence-corrected chi connectivity index (χ3v) is 2.63. The molecule has 1 amide bonds. The van der Waals surface area contributed by atoms with Crippen molar-refractivity contribution in [2.24, 2.45) is 0 Å². The van der Waals surface area contributed by atoms with E-state index in [-0.39, 0.29) is 5.91 Å². The Morgan fingerprint density at radius 1 is 1.22 bits per heavy atom. The van der Waals surface area contributed by atoms with Crippen molar-refractivity contribution in [2.45, 2.75) is 13.3 Å². The Kier molecular flexibility index (Phi) is 4.02. The topological polar surface area (TPSA) is 54.9 Å². The molecule has 2 aromatic rings. The molecule has 2 rings (SSSR count). The fraction of sp³-hybridized carbons (Fsp3) is 0.214. The van der Waals surface area contributed by atoms with E-state index in [1.807, 2.05) is 0 Å². The highest BCUT2D eigenvalue weighted by atomic mass is 16.1. The van der Waals surface area contributed by atoms with Crippen LogP contribution < -0.4 is 5.32 Å². The number of benzene rings is 1. The second-order valence-electron chi connectivity index (χ2n) is 4.09. The zero-order chi connectivity index (χ0) is 12.8. The van der Waals surface area contributed by atoms with Gasteiger partial charge in [0.15, 0.2) is 0 Å². The van der Waals surface area contributed by atoms with Crippen LogP contribution >= 0.6 is 0 Å². The summed E-state index contributed by atoms with van der Waals surface area (Å²) in [6.07, 6.45) is 3.74. The Labute approximate surface area is 106 Å². The number of aryl methyl sites for hydroxylation is 1. The van der Waals surface area contributed by atoms with E-state index in [1.54, 1.807) is 12.3 Å². The standard InChI is InChI=1S/C14H15N3O/c1-11-2-4-12(5-3-11)6-9-16-14(18)13-7-8-15-10-17-13/h2-5,7-8,10H,6,9H2,1H3,(H,16,18). The quantitative estimate of drug-likeness (QED) is 0.887. The third kappa shape index (κ3) is 3.38. The van der Waals surface area contributed by atoms with Gasteiger partial charge in [-0.1, -0.05) is 29.8 Å². The molecule has 1 heterocycles. The van der Waals surface area contributed by atoms with Crippen LogP contribution in [0.1, 0.15) is 21.6 Å². The second-order valence-corrected chi connectivity index (χ2v) is 4.09. The molecule has 0 fully saturated rings. The molecule has 0 atom stereocenters. The van der Waals surface area contributed by atoms with Gasteiger partial charge in [-0.2, -0.15) is 0 Å². The molecule has 0 saturated carbocycles. The highest BCUT2D eigenvalue weighted by Gasteiger charge is 2.04. The average molecular weight is 241 g/mol. The van der Waals surface area contributed by atoms with Crippen molar-refractivity contribution in [2.75, 3.05) is 6.54 Å². The maximum Gasteiger partial charge on any atom is 0.270 e. The van der Waals surface area contributed by atoms with Crippen LogP contribution in [-0.2, 0) is 6.42 Å². The van der Waals surface area contributed by atoms with Gasteiger partial charge in [0.2, 0.25) is 0 Å². The van der Waals surface area contributed by atoms with Gasteiger partial charge in [0.05, 0.1) is 0 Å². The highest BCUT2D eigenvalue weighted by Crippen LogP contribution is 2.03. The van der Waals surface area contributed by atoms with Crippen LogP contribution in [-0.4, -0.2) is 22.4 Å². The largest absolute Gasteiger partial charge is 0.350 e. The summed E-state index contributed by atoms with van der Waals surface area (Å²) in [6.45, 7) is 2.66. The molecule has 0 aliphatic carbocycles. The Balaban J connectivity index is 1.82. The first-order chi connectivity index (χ1) is 8.75. The van der Waals surface area contributed by atoms with Crippen molar-refractivity contribution >= 4 is 5.91 Å². The summed E-state index contributed by atoms with van der Waals surface area (Å²) in [5.41, 5.74) is 2.85. The van der Waals surface area contributed by atoms with Gasteiger partial charge in [0, 0.05) is 12.7 Å². The molecule has 1 aromatic carbocycles. The lowest BCUT2D eigenvalue weighted by Crippen LogP contribution is -2.26. The summed E-state index contributed by atoms with van der Waals surface area (Å²) in [4.78, 5) is 19.4. The third-order valence-electron chi connectivity index (χ3n) is 2.63. The molecule has 4 heteroatoms. The first-order valence-electron chi connectivity index (χ1n) is 5.85. The lowest BCUT2D eigenvalue weighted by molar-refractivity contribution is 0.0949. The molecule has 92 valence electrons. The monoisotopic (exact) mass is 241 g/mol. The number of rotatable bonds is 4. The highest BCUT2D eigenvalue weighted by molar-refractivity contribution is 5.91. The number of hydrogen-bond donors (Lipinski definition) is 1. The molecule has 0 aliphatic rings. The van der Waals surface area contributed by atoms with Crippen molar-refractivity contribution in [3.8, 4) is 0 Å². The van der Waals surface area contributed by atoms with Gasteiger partial charge in [-0.05, 0) is 25.0 Å². The first kappa shape index (κ1) is 12.2. The summed E-state index contributed by atoms with van der Waals surface area (Å²) in [7, 11) is 0. The number of carbonyl (C=O) groups excluding carboxylic acids is 1. The normalized spacial score (nSPS) is 10.1. The van der Waals surface area contributed by atoms with E-state index in [9.17, 15) is 4.79 Å². The SMILES string of the molecule is Cc1ccc(CCNC(=O)c2ccncn2)cc1. The molecule has 1 N–H and O–H groups in total. The predicted molar refractivity (Wildman–Crippen MR) is 69.2 cm³/mol. The van der Waals surface area contributed by atoms with Crippen LogP contribution in [0.25, 0.3) is 0 Å². The lowest BCUT2D eigenvalue weighted by Gasteiger charge is -2.04. The fourth-order valence-electron chi connectivity index (χ4n) is 1.59. The molecule has 0 saturated heterocycles. The molecular formula is C14H15N3O. The van der Waals surface area contributed by atoms with E-state index < -0.39 is 0 Å². The van der Waals surface area contributed by atoms with Crippen LogP contribution in [0.4, 0.5) is 0 Å². The minimum atomic E-state index is -0.162. The summed E-state index contributed by atoms with van der Waals surface area (Å²) in [6, 6.07) is 9.89. The summed E-state index contributed by atoms with van der Waals surface area (Å²) in [5.74, 6) is -0.162. The van der Waals surface area contributed by atoms with Crippen LogP contribution in [0.2, 0.25) is 0 Å². The van der Waals surface area contributed by atoms with Gasteiger partial charge in [-0.15, -0.1) is 0 Å². The van der Waals surface area contributed by atoms with Crippen LogP contribution in [0, 0.1) is 6.92 Å². The average Bonchev–Trinajstić information content (AvgIpc) is 2.42. The maximum absolute atomic E-state index is 11.7. The molecule has 4 nitrogen and oxygen atoms in total. The molecule has 0 aliphatic heterocycles. The first-order valence-corrected chi connectivity index (χ1v) is 5.85. The smallest absolute Gasteiger partial charge is 0.270 e. The van der Waals surface area contributed by atoms with E-state index >= 15 is 0 Å². The van der Waals surface area contributed by atoms with Crippen molar-refractivity contribution in [3.63, 3.8) is 0 Å². The van der Waals surface area contributed by atoms with Gasteiger partial charge in [-0.3, -0.25) is 4.79 Å². The van der Waals surface area contributed by atoms with Crippen LogP contribution in [0.3, 0.4) is 0 Å². The Morgan fingerprint density at radius 2 is 2.00 bits per heavy atom. The Hall–Kier alpha value is -2.23. The molecule has 1 aromatic heterocycles. The Bertz CT molecular complexity index is 508. The number of nitrogens with one attached hydrogen (secondary N) is 1. The predicted octanol–water partition coefficient (Wildman–Crippen LogP) is 1.76. The van der Waals surface area contributed by atoms with E-state index in [1.165, 1.54) is 17.5 Å². The lowest BCUT2D eigenvalue weighted by atomic mass is 10.1. The number of aromatic nitrogens is 2. The molecule has 0 spiro atoms. The minimum absolute atomic E-state index is 0.162. The number of hydrogen-bond acceptors (Lipinski definition) is 3. The van der Waals surface area contributed by atoms with Gasteiger partial charge in [-0.25, -0.2) is 9.97 Å². The number of carbonyl (C=O) groups is 1. The van der Waals surface area contributed by atoms with Crippen LogP contribution in [0.5, 0.6) is 0 Å². The number of nitrogens with zero attached hydrogens (tertiary/aromatic N) is 2. The van der Waals surface area contributed by atoms with E-state index in [0.717, 1.165) is 6.42 Å². The van der Waals surface area contributed by atoms with E-state index in [0.29, 0.717) is 12.2 Å². The van der Waals surface area contributed by atoms with Gasteiger partial charge in [0.25, 0.3) is 5.91 Å². The van der Waals surface area contributed by atoms with Gasteiger partial charge in [0.1, 0.15) is 12.0 Å². The zero-order valence-electron chi connectivity index (χ0n) is 10.3. The zero-order valence-corrected chi connectivity index (χ0v) is 10.3. The van der Waals surface area contributed by atoms with Crippen molar-refractivity contribution in [3.05, 3.63) is 59.7 Å². The molecule has 0 unspecified atom stereocenters.